The second-order valence-electron chi connectivity index (χ2n) is 9.29. The minimum atomic E-state index is -3.45. The van der Waals surface area contributed by atoms with Crippen molar-refractivity contribution in [2.24, 2.45) is 16.7 Å². The van der Waals surface area contributed by atoms with Gasteiger partial charge >= 0.3 is 0 Å². The Kier molecular flexibility index (Phi) is 4.86. The Morgan fingerprint density at radius 2 is 1.79 bits per heavy atom. The lowest BCUT2D eigenvalue weighted by Gasteiger charge is -2.40. The lowest BCUT2D eigenvalue weighted by atomic mass is 9.70. The summed E-state index contributed by atoms with van der Waals surface area (Å²) < 4.78 is 28.2. The average molecular weight is 405 g/mol. The standard InChI is InChI=1S/C22H32N2O3S/c1-4-17-7-5-6-8-19(17)23-11-13-24(14-12-23)28(26,27)16-22-10-9-18(15-20(22)25)21(22,2)3/h5-8,18H,4,9-16H2,1-3H3. The average Bonchev–Trinajstić information content (AvgIpc) is 3.02. The number of carbonyl (C=O) groups is 1. The molecule has 1 saturated heterocycles. The summed E-state index contributed by atoms with van der Waals surface area (Å²) in [6.07, 6.45) is 3.24. The fourth-order valence-corrected chi connectivity index (χ4v) is 8.04. The lowest BCUT2D eigenvalue weighted by molar-refractivity contribution is -0.128. The number of nitrogens with zero attached hydrogens (tertiary/aromatic N) is 2. The van der Waals surface area contributed by atoms with Gasteiger partial charge in [-0.15, -0.1) is 0 Å². The van der Waals surface area contributed by atoms with E-state index in [1.54, 1.807) is 4.31 Å². The number of hydrogen-bond acceptors (Lipinski definition) is 4. The predicted octanol–water partition coefficient (Wildman–Crippen LogP) is 3.10. The monoisotopic (exact) mass is 404 g/mol. The third kappa shape index (κ3) is 2.91. The lowest BCUT2D eigenvalue weighted by Crippen LogP contribution is -2.53. The molecule has 2 bridgehead atoms. The Morgan fingerprint density at radius 1 is 1.11 bits per heavy atom. The molecule has 5 nitrogen and oxygen atoms in total. The number of aryl methyl sites for hydroxylation is 1. The third-order valence-corrected chi connectivity index (χ3v) is 9.92. The van der Waals surface area contributed by atoms with Crippen molar-refractivity contribution in [2.45, 2.75) is 46.5 Å². The Balaban J connectivity index is 1.48. The maximum atomic E-state index is 13.3. The van der Waals surface area contributed by atoms with Crippen LogP contribution in [0.2, 0.25) is 0 Å². The van der Waals surface area contributed by atoms with E-state index in [-0.39, 0.29) is 17.0 Å². The first-order valence-electron chi connectivity index (χ1n) is 10.6. The van der Waals surface area contributed by atoms with Gasteiger partial charge in [0.25, 0.3) is 0 Å². The van der Waals surface area contributed by atoms with Gasteiger partial charge in [-0.25, -0.2) is 8.42 Å². The number of piperazine rings is 1. The van der Waals surface area contributed by atoms with E-state index >= 15 is 0 Å². The summed E-state index contributed by atoms with van der Waals surface area (Å²) in [5.41, 5.74) is 1.63. The molecule has 154 valence electrons. The van der Waals surface area contributed by atoms with Gasteiger partial charge in [0.05, 0.1) is 5.75 Å². The van der Waals surface area contributed by atoms with Crippen molar-refractivity contribution in [2.75, 3.05) is 36.8 Å². The van der Waals surface area contributed by atoms with Crippen LogP contribution in [0.25, 0.3) is 0 Å². The molecule has 1 aromatic rings. The number of hydrogen-bond donors (Lipinski definition) is 0. The Labute approximate surface area is 169 Å². The quantitative estimate of drug-likeness (QED) is 0.757. The highest BCUT2D eigenvalue weighted by molar-refractivity contribution is 7.89. The molecular weight excluding hydrogens is 372 g/mol. The summed E-state index contributed by atoms with van der Waals surface area (Å²) in [7, 11) is -3.45. The van der Waals surface area contributed by atoms with E-state index in [2.05, 4.69) is 43.9 Å². The van der Waals surface area contributed by atoms with Crippen molar-refractivity contribution in [3.05, 3.63) is 29.8 Å². The molecule has 2 atom stereocenters. The molecule has 0 aromatic heterocycles. The third-order valence-electron chi connectivity index (χ3n) is 7.91. The van der Waals surface area contributed by atoms with Crippen LogP contribution in [0.4, 0.5) is 5.69 Å². The summed E-state index contributed by atoms with van der Waals surface area (Å²) in [5, 5.41) is 0. The first-order valence-corrected chi connectivity index (χ1v) is 12.2. The van der Waals surface area contributed by atoms with Gasteiger partial charge in [-0.2, -0.15) is 4.31 Å². The molecule has 28 heavy (non-hydrogen) atoms. The number of benzene rings is 1. The number of para-hydroxylation sites is 1. The number of carbonyl (C=O) groups excluding carboxylic acids is 1. The zero-order valence-electron chi connectivity index (χ0n) is 17.3. The number of anilines is 1. The fourth-order valence-electron chi connectivity index (χ4n) is 5.84. The molecule has 3 aliphatic rings. The van der Waals surface area contributed by atoms with Gasteiger partial charge in [-0.1, -0.05) is 39.0 Å². The van der Waals surface area contributed by atoms with Gasteiger partial charge in [0, 0.05) is 43.7 Å². The van der Waals surface area contributed by atoms with Crippen molar-refractivity contribution in [1.82, 2.24) is 4.31 Å². The van der Waals surface area contributed by atoms with Crippen LogP contribution in [-0.2, 0) is 21.2 Å². The summed E-state index contributed by atoms with van der Waals surface area (Å²) in [5.74, 6) is 0.513. The van der Waals surface area contributed by atoms with Crippen LogP contribution in [-0.4, -0.2) is 50.4 Å². The maximum Gasteiger partial charge on any atom is 0.215 e. The van der Waals surface area contributed by atoms with Crippen LogP contribution in [0.1, 0.15) is 45.6 Å². The molecule has 6 heteroatoms. The highest BCUT2D eigenvalue weighted by atomic mass is 32.2. The summed E-state index contributed by atoms with van der Waals surface area (Å²) >= 11 is 0. The van der Waals surface area contributed by atoms with Crippen molar-refractivity contribution >= 4 is 21.5 Å². The highest BCUT2D eigenvalue weighted by Gasteiger charge is 2.65. The van der Waals surface area contributed by atoms with Gasteiger partial charge in [0.15, 0.2) is 0 Å². The molecule has 1 aliphatic heterocycles. The van der Waals surface area contributed by atoms with E-state index in [4.69, 9.17) is 0 Å². The van der Waals surface area contributed by atoms with Crippen molar-refractivity contribution in [1.29, 1.82) is 0 Å². The van der Waals surface area contributed by atoms with E-state index < -0.39 is 15.4 Å². The van der Waals surface area contributed by atoms with Gasteiger partial charge in [0.2, 0.25) is 10.0 Å². The topological polar surface area (TPSA) is 57.7 Å². The summed E-state index contributed by atoms with van der Waals surface area (Å²) in [6.45, 7) is 8.74. The molecule has 2 unspecified atom stereocenters. The summed E-state index contributed by atoms with van der Waals surface area (Å²) in [4.78, 5) is 15.0. The molecule has 2 saturated carbocycles. The zero-order chi connectivity index (χ0) is 20.2. The SMILES string of the molecule is CCc1ccccc1N1CCN(S(=O)(=O)CC23CCC(CC2=O)C3(C)C)CC1. The second kappa shape index (κ2) is 6.84. The van der Waals surface area contributed by atoms with Crippen molar-refractivity contribution in [3.63, 3.8) is 0 Å². The molecule has 1 aromatic carbocycles. The first-order chi connectivity index (χ1) is 13.2. The van der Waals surface area contributed by atoms with E-state index in [0.29, 0.717) is 38.5 Å². The van der Waals surface area contributed by atoms with Crippen LogP contribution >= 0.6 is 0 Å². The molecule has 2 aliphatic carbocycles. The van der Waals surface area contributed by atoms with Gasteiger partial charge in [0.1, 0.15) is 5.78 Å². The Hall–Kier alpha value is -1.40. The molecule has 0 N–H and O–H groups in total. The van der Waals surface area contributed by atoms with Crippen molar-refractivity contribution in [3.8, 4) is 0 Å². The number of ketones is 1. The van der Waals surface area contributed by atoms with Crippen LogP contribution < -0.4 is 4.90 Å². The van der Waals surface area contributed by atoms with Crippen LogP contribution in [0.15, 0.2) is 24.3 Å². The van der Waals surface area contributed by atoms with Gasteiger partial charge in [-0.3, -0.25) is 4.79 Å². The molecule has 3 fully saturated rings. The first kappa shape index (κ1) is 19.9. The molecule has 0 spiro atoms. The van der Waals surface area contributed by atoms with Gasteiger partial charge in [-0.05, 0) is 42.2 Å². The number of Topliss-reactive ketones (excluding diaryl/α,β-unsaturated/α-hetero) is 1. The summed E-state index contributed by atoms with van der Waals surface area (Å²) in [6, 6.07) is 8.36. The normalized spacial score (nSPS) is 30.2. The van der Waals surface area contributed by atoms with Crippen LogP contribution in [0, 0.1) is 16.7 Å². The minimum Gasteiger partial charge on any atom is -0.369 e. The fraction of sp³-hybridized carbons (Fsp3) is 0.682. The largest absolute Gasteiger partial charge is 0.369 e. The molecule has 1 heterocycles. The predicted molar refractivity (Wildman–Crippen MR) is 112 cm³/mol. The van der Waals surface area contributed by atoms with Crippen LogP contribution in [0.3, 0.4) is 0 Å². The number of fused-ring (bicyclic) bond motifs is 2. The minimum absolute atomic E-state index is 0.00607. The molecular formula is C22H32N2O3S. The van der Waals surface area contributed by atoms with E-state index in [1.807, 2.05) is 6.07 Å². The van der Waals surface area contributed by atoms with Crippen LogP contribution in [0.5, 0.6) is 0 Å². The van der Waals surface area contributed by atoms with Gasteiger partial charge < -0.3 is 4.90 Å². The maximum absolute atomic E-state index is 13.3. The van der Waals surface area contributed by atoms with E-state index in [1.165, 1.54) is 11.3 Å². The Bertz CT molecular complexity index is 872. The van der Waals surface area contributed by atoms with E-state index in [0.717, 1.165) is 19.3 Å². The van der Waals surface area contributed by atoms with Crippen molar-refractivity contribution < 1.29 is 13.2 Å². The number of rotatable bonds is 5. The second-order valence-corrected chi connectivity index (χ2v) is 11.3. The molecule has 0 radical (unpaired) electrons. The highest BCUT2D eigenvalue weighted by Crippen LogP contribution is 2.64. The smallest absolute Gasteiger partial charge is 0.215 e. The molecule has 4 rings (SSSR count). The van der Waals surface area contributed by atoms with E-state index in [9.17, 15) is 13.2 Å². The Morgan fingerprint density at radius 3 is 2.36 bits per heavy atom. The molecule has 0 amide bonds. The number of sulfonamides is 1. The zero-order valence-corrected chi connectivity index (χ0v) is 18.1.